The fraction of sp³-hybridized carbons (Fsp3) is 0.500. The summed E-state index contributed by atoms with van der Waals surface area (Å²) in [4.78, 5) is 10.2. The van der Waals surface area contributed by atoms with Crippen LogP contribution in [0.15, 0.2) is 10.6 Å². The number of allylic oxidation sites excluding steroid dienone is 1. The van der Waals surface area contributed by atoms with Crippen LogP contribution in [0.1, 0.15) is 6.42 Å². The predicted octanol–water partition coefficient (Wildman–Crippen LogP) is 1.82. The third-order valence-electron chi connectivity index (χ3n) is 1.24. The van der Waals surface area contributed by atoms with Gasteiger partial charge in [-0.15, -0.1) is 0 Å². The fourth-order valence-electron chi connectivity index (χ4n) is 0.695. The minimum Gasteiger partial charge on any atom is -0.298 e. The van der Waals surface area contributed by atoms with Gasteiger partial charge >= 0.3 is 0 Å². The molecule has 0 saturated carbocycles. The van der Waals surface area contributed by atoms with Crippen LogP contribution in [0, 0.1) is 0 Å². The van der Waals surface area contributed by atoms with Gasteiger partial charge in [-0.3, -0.25) is 4.79 Å². The summed E-state index contributed by atoms with van der Waals surface area (Å²) in [5.41, 5.74) is 0.787. The van der Waals surface area contributed by atoms with Crippen LogP contribution in [0.2, 0.25) is 0 Å². The molecule has 0 atom stereocenters. The number of halogens is 1. The maximum atomic E-state index is 10.2. The Morgan fingerprint density at radius 3 is 2.89 bits per heavy atom. The SMILES string of the molecule is O=CC1=C(Cl)CSCC1. The second kappa shape index (κ2) is 3.28. The first-order valence-corrected chi connectivity index (χ1v) is 4.28. The van der Waals surface area contributed by atoms with Crippen LogP contribution >= 0.6 is 23.4 Å². The quantitative estimate of drug-likeness (QED) is 0.548. The summed E-state index contributed by atoms with van der Waals surface area (Å²) in [6, 6.07) is 0. The third-order valence-corrected chi connectivity index (χ3v) is 2.76. The van der Waals surface area contributed by atoms with E-state index in [9.17, 15) is 4.79 Å². The van der Waals surface area contributed by atoms with Crippen molar-refractivity contribution in [1.82, 2.24) is 0 Å². The fourth-order valence-corrected chi connectivity index (χ4v) is 1.94. The van der Waals surface area contributed by atoms with Gasteiger partial charge in [-0.05, 0) is 12.2 Å². The van der Waals surface area contributed by atoms with Crippen LogP contribution < -0.4 is 0 Å². The lowest BCUT2D eigenvalue weighted by Crippen LogP contribution is -2.00. The van der Waals surface area contributed by atoms with E-state index in [0.29, 0.717) is 0 Å². The first-order chi connectivity index (χ1) is 4.34. The molecule has 9 heavy (non-hydrogen) atoms. The third kappa shape index (κ3) is 1.73. The lowest BCUT2D eigenvalue weighted by Gasteiger charge is -2.09. The number of carbonyl (C=O) groups excluding carboxylic acids is 1. The van der Waals surface area contributed by atoms with E-state index in [-0.39, 0.29) is 0 Å². The molecular formula is C6H7ClOS. The predicted molar refractivity (Wildman–Crippen MR) is 40.9 cm³/mol. The van der Waals surface area contributed by atoms with Crippen molar-refractivity contribution in [3.8, 4) is 0 Å². The van der Waals surface area contributed by atoms with Crippen molar-refractivity contribution < 1.29 is 4.79 Å². The lowest BCUT2D eigenvalue weighted by atomic mass is 10.2. The second-order valence-electron chi connectivity index (χ2n) is 1.85. The molecule has 0 unspecified atom stereocenters. The molecule has 1 nitrogen and oxygen atoms in total. The van der Waals surface area contributed by atoms with Gasteiger partial charge in [-0.2, -0.15) is 11.8 Å². The Balaban J connectivity index is 2.70. The molecule has 0 N–H and O–H groups in total. The van der Waals surface area contributed by atoms with Gasteiger partial charge in [0.2, 0.25) is 0 Å². The standard InChI is InChI=1S/C6H7ClOS/c7-6-4-9-2-1-5(6)3-8/h3H,1-2,4H2. The molecule has 1 aliphatic heterocycles. The molecule has 0 aromatic heterocycles. The number of hydrogen-bond donors (Lipinski definition) is 0. The average molecular weight is 163 g/mol. The zero-order valence-corrected chi connectivity index (χ0v) is 6.47. The molecule has 0 aromatic carbocycles. The van der Waals surface area contributed by atoms with E-state index in [1.807, 2.05) is 0 Å². The Morgan fingerprint density at radius 1 is 1.67 bits per heavy atom. The van der Waals surface area contributed by atoms with E-state index >= 15 is 0 Å². The van der Waals surface area contributed by atoms with Crippen LogP contribution in [-0.4, -0.2) is 17.8 Å². The highest BCUT2D eigenvalue weighted by molar-refractivity contribution is 7.99. The molecule has 0 saturated heterocycles. The van der Waals surface area contributed by atoms with Crippen molar-refractivity contribution in [2.75, 3.05) is 11.5 Å². The molecule has 1 heterocycles. The lowest BCUT2D eigenvalue weighted by molar-refractivity contribution is -0.105. The van der Waals surface area contributed by atoms with Gasteiger partial charge in [0.15, 0.2) is 0 Å². The highest BCUT2D eigenvalue weighted by atomic mass is 35.5. The molecule has 1 rings (SSSR count). The summed E-state index contributed by atoms with van der Waals surface area (Å²) in [5.74, 6) is 1.85. The van der Waals surface area contributed by atoms with Crippen molar-refractivity contribution in [3.05, 3.63) is 10.6 Å². The van der Waals surface area contributed by atoms with Crippen molar-refractivity contribution in [1.29, 1.82) is 0 Å². The molecule has 0 spiro atoms. The van der Waals surface area contributed by atoms with E-state index < -0.39 is 0 Å². The largest absolute Gasteiger partial charge is 0.298 e. The Morgan fingerprint density at radius 2 is 2.44 bits per heavy atom. The summed E-state index contributed by atoms with van der Waals surface area (Å²) in [5, 5.41) is 0.737. The number of rotatable bonds is 1. The Labute approximate surface area is 63.5 Å². The zero-order chi connectivity index (χ0) is 6.69. The van der Waals surface area contributed by atoms with Gasteiger partial charge in [0.1, 0.15) is 6.29 Å². The molecule has 0 amide bonds. The molecule has 0 aliphatic carbocycles. The summed E-state index contributed by atoms with van der Waals surface area (Å²) >= 11 is 7.48. The highest BCUT2D eigenvalue weighted by Crippen LogP contribution is 2.24. The molecule has 0 bridgehead atoms. The molecule has 50 valence electrons. The molecule has 0 aromatic rings. The number of thioether (sulfide) groups is 1. The van der Waals surface area contributed by atoms with E-state index in [4.69, 9.17) is 11.6 Å². The first-order valence-electron chi connectivity index (χ1n) is 2.75. The molecule has 3 heteroatoms. The van der Waals surface area contributed by atoms with Gasteiger partial charge in [0.25, 0.3) is 0 Å². The summed E-state index contributed by atoms with van der Waals surface area (Å²) < 4.78 is 0. The monoisotopic (exact) mass is 162 g/mol. The Bertz CT molecular complexity index is 153. The first kappa shape index (κ1) is 7.16. The molecule has 0 radical (unpaired) electrons. The Kier molecular flexibility index (Phi) is 2.61. The van der Waals surface area contributed by atoms with Gasteiger partial charge in [0, 0.05) is 16.4 Å². The van der Waals surface area contributed by atoms with E-state index in [2.05, 4.69) is 0 Å². The second-order valence-corrected chi connectivity index (χ2v) is 3.41. The van der Waals surface area contributed by atoms with E-state index in [0.717, 1.165) is 34.8 Å². The van der Waals surface area contributed by atoms with Crippen LogP contribution in [0.3, 0.4) is 0 Å². The maximum Gasteiger partial charge on any atom is 0.147 e. The van der Waals surface area contributed by atoms with Crippen molar-refractivity contribution in [2.45, 2.75) is 6.42 Å². The van der Waals surface area contributed by atoms with Gasteiger partial charge in [0.05, 0.1) is 0 Å². The maximum absolute atomic E-state index is 10.2. The number of hydrogen-bond acceptors (Lipinski definition) is 2. The summed E-state index contributed by atoms with van der Waals surface area (Å²) in [7, 11) is 0. The number of carbonyl (C=O) groups is 1. The van der Waals surface area contributed by atoms with Crippen molar-refractivity contribution in [2.24, 2.45) is 0 Å². The highest BCUT2D eigenvalue weighted by Gasteiger charge is 2.08. The van der Waals surface area contributed by atoms with Crippen molar-refractivity contribution >= 4 is 29.6 Å². The minimum atomic E-state index is 0.737. The van der Waals surface area contributed by atoms with E-state index in [1.165, 1.54) is 0 Å². The van der Waals surface area contributed by atoms with Gasteiger partial charge in [-0.25, -0.2) is 0 Å². The number of aldehydes is 1. The van der Waals surface area contributed by atoms with Crippen LogP contribution in [0.5, 0.6) is 0 Å². The average Bonchev–Trinajstić information content (AvgIpc) is 1.89. The van der Waals surface area contributed by atoms with Crippen LogP contribution in [-0.2, 0) is 4.79 Å². The molecule has 1 aliphatic rings. The van der Waals surface area contributed by atoms with Crippen LogP contribution in [0.25, 0.3) is 0 Å². The molecular weight excluding hydrogens is 156 g/mol. The normalized spacial score (nSPS) is 20.1. The summed E-state index contributed by atoms with van der Waals surface area (Å²) in [6.45, 7) is 0. The Hall–Kier alpha value is 0.0500. The zero-order valence-electron chi connectivity index (χ0n) is 4.89. The van der Waals surface area contributed by atoms with Gasteiger partial charge in [-0.1, -0.05) is 11.6 Å². The topological polar surface area (TPSA) is 17.1 Å². The van der Waals surface area contributed by atoms with Crippen molar-refractivity contribution in [3.63, 3.8) is 0 Å². The summed E-state index contributed by atoms with van der Waals surface area (Å²) in [6.07, 6.45) is 1.70. The smallest absolute Gasteiger partial charge is 0.147 e. The van der Waals surface area contributed by atoms with Crippen LogP contribution in [0.4, 0.5) is 0 Å². The van der Waals surface area contributed by atoms with E-state index in [1.54, 1.807) is 11.8 Å². The van der Waals surface area contributed by atoms with Gasteiger partial charge < -0.3 is 0 Å². The minimum absolute atomic E-state index is 0.737. The molecule has 0 fully saturated rings.